The Balaban J connectivity index is 0.000000406. The summed E-state index contributed by atoms with van der Waals surface area (Å²) in [6.45, 7) is 4.22. The van der Waals surface area contributed by atoms with E-state index in [0.717, 1.165) is 0 Å². The number of rotatable bonds is 5. The number of carboxylic acids is 1. The van der Waals surface area contributed by atoms with Crippen molar-refractivity contribution < 1.29 is 41.9 Å². The Hall–Kier alpha value is -3.48. The molecule has 0 aliphatic carbocycles. The molecule has 3 atom stereocenters. The maximum absolute atomic E-state index is 12.8. The molecule has 2 saturated heterocycles. The van der Waals surface area contributed by atoms with Gasteiger partial charge in [0.25, 0.3) is 11.8 Å². The van der Waals surface area contributed by atoms with Crippen LogP contribution < -0.4 is 5.32 Å². The summed E-state index contributed by atoms with van der Waals surface area (Å²) >= 11 is 0. The quantitative estimate of drug-likeness (QED) is 0.656. The molecule has 0 saturated carbocycles. The minimum Gasteiger partial charge on any atom is -0.475 e. The van der Waals surface area contributed by atoms with Gasteiger partial charge in [-0.1, -0.05) is 12.1 Å². The number of aromatic nitrogens is 2. The van der Waals surface area contributed by atoms with Crippen molar-refractivity contribution in [2.45, 2.75) is 25.6 Å². The van der Waals surface area contributed by atoms with Gasteiger partial charge in [-0.25, -0.2) is 4.79 Å². The molecule has 10 nitrogen and oxygen atoms in total. The third kappa shape index (κ3) is 5.90. The number of ether oxygens (including phenoxy) is 1. The molecule has 4 heterocycles. The van der Waals surface area contributed by atoms with E-state index in [-0.39, 0.29) is 29.8 Å². The van der Waals surface area contributed by atoms with Crippen LogP contribution in [0.3, 0.4) is 0 Å². The van der Waals surface area contributed by atoms with E-state index in [1.807, 2.05) is 6.92 Å². The lowest BCUT2D eigenvalue weighted by Crippen LogP contribution is -2.35. The van der Waals surface area contributed by atoms with Crippen molar-refractivity contribution in [2.75, 3.05) is 26.2 Å². The van der Waals surface area contributed by atoms with Crippen molar-refractivity contribution in [3.63, 3.8) is 0 Å². The van der Waals surface area contributed by atoms with Crippen molar-refractivity contribution in [2.24, 2.45) is 11.8 Å². The van der Waals surface area contributed by atoms with Crippen LogP contribution in [0, 0.1) is 11.8 Å². The van der Waals surface area contributed by atoms with E-state index in [4.69, 9.17) is 19.2 Å². The lowest BCUT2D eigenvalue weighted by molar-refractivity contribution is -0.192. The monoisotopic (exact) mass is 484 g/mol. The van der Waals surface area contributed by atoms with Crippen molar-refractivity contribution in [1.29, 1.82) is 0 Å². The lowest BCUT2D eigenvalue weighted by atomic mass is 9.93. The number of halogens is 3. The number of nitrogens with one attached hydrogen (secondary N) is 1. The zero-order valence-electron chi connectivity index (χ0n) is 18.1. The Morgan fingerprint density at radius 3 is 2.62 bits per heavy atom. The summed E-state index contributed by atoms with van der Waals surface area (Å²) in [6, 6.07) is 3.47. The highest BCUT2D eigenvalue weighted by Gasteiger charge is 2.45. The largest absolute Gasteiger partial charge is 0.490 e. The second kappa shape index (κ2) is 10.6. The molecule has 2 N–H and O–H groups in total. The summed E-state index contributed by atoms with van der Waals surface area (Å²) < 4.78 is 42.8. The maximum atomic E-state index is 12.8. The third-order valence-electron chi connectivity index (χ3n) is 5.61. The summed E-state index contributed by atoms with van der Waals surface area (Å²) in [5, 5.41) is 13.8. The van der Waals surface area contributed by atoms with Crippen LogP contribution in [-0.2, 0) is 16.0 Å². The van der Waals surface area contributed by atoms with E-state index in [1.54, 1.807) is 29.4 Å². The number of carbonyl (C=O) groups is 3. The number of hydrogen-bond donors (Lipinski definition) is 2. The molecule has 0 spiro atoms. The molecular formula is C21H23F3N4O6. The van der Waals surface area contributed by atoms with Gasteiger partial charge in [0.2, 0.25) is 0 Å². The number of fused-ring (bicyclic) bond motifs is 1. The molecule has 4 rings (SSSR count). The number of hydrogen-bond acceptors (Lipinski definition) is 7. The van der Waals surface area contributed by atoms with Crippen molar-refractivity contribution in [3.8, 4) is 0 Å². The Morgan fingerprint density at radius 1 is 1.26 bits per heavy atom. The maximum Gasteiger partial charge on any atom is 0.490 e. The number of alkyl halides is 3. The Morgan fingerprint density at radius 2 is 2.00 bits per heavy atom. The number of amides is 2. The minimum atomic E-state index is -5.08. The number of aryl methyl sites for hydroxylation is 1. The molecule has 2 amide bonds. The SMILES string of the molecule is CCc1oncc1C(=O)N1C[C@@H]2[C@H](CNC(=O)c3cccnc3)CO[C@@H]2C1.O=C(O)C(F)(F)F. The van der Waals surface area contributed by atoms with Crippen molar-refractivity contribution in [1.82, 2.24) is 20.4 Å². The van der Waals surface area contributed by atoms with Crippen molar-refractivity contribution in [3.05, 3.63) is 47.6 Å². The standard InChI is InChI=1S/C19H22N4O4.C2HF3O2/c1-2-16-14(8-22-27-16)19(25)23-9-15-13(11-26-17(15)10-23)7-21-18(24)12-4-3-5-20-6-12;3-2(4,5)1(6)7/h3-6,8,13,15,17H,2,7,9-11H2,1H3,(H,21,24);(H,6,7)/t13-,15-,17-;/m1./s1. The number of carbonyl (C=O) groups excluding carboxylic acids is 2. The molecule has 184 valence electrons. The highest BCUT2D eigenvalue weighted by atomic mass is 19.4. The van der Waals surface area contributed by atoms with Gasteiger partial charge < -0.3 is 24.6 Å². The fourth-order valence-electron chi connectivity index (χ4n) is 3.86. The Labute approximate surface area is 192 Å². The highest BCUT2D eigenvalue weighted by Crippen LogP contribution is 2.34. The third-order valence-corrected chi connectivity index (χ3v) is 5.61. The average Bonchev–Trinajstić information content (AvgIpc) is 3.53. The Kier molecular flexibility index (Phi) is 7.87. The zero-order valence-corrected chi connectivity index (χ0v) is 18.1. The fraction of sp³-hybridized carbons (Fsp3) is 0.476. The molecule has 13 heteroatoms. The summed E-state index contributed by atoms with van der Waals surface area (Å²) in [5.41, 5.74) is 1.06. The van der Waals surface area contributed by atoms with Gasteiger partial charge in [-0.3, -0.25) is 14.6 Å². The first-order valence-electron chi connectivity index (χ1n) is 10.4. The van der Waals surface area contributed by atoms with Crippen LogP contribution in [0.15, 0.2) is 35.2 Å². The molecule has 2 fully saturated rings. The molecule has 2 aliphatic rings. The van der Waals surface area contributed by atoms with Gasteiger partial charge in [0, 0.05) is 50.3 Å². The summed E-state index contributed by atoms with van der Waals surface area (Å²) in [6.07, 6.45) is 0.224. The Bertz CT molecular complexity index is 1010. The smallest absolute Gasteiger partial charge is 0.475 e. The summed E-state index contributed by atoms with van der Waals surface area (Å²) in [5.74, 6) is -1.96. The van der Waals surface area contributed by atoms with Crippen LogP contribution >= 0.6 is 0 Å². The topological polar surface area (TPSA) is 135 Å². The molecule has 0 aromatic carbocycles. The van der Waals surface area contributed by atoms with E-state index in [0.29, 0.717) is 49.5 Å². The number of pyridine rings is 1. The lowest BCUT2D eigenvalue weighted by Gasteiger charge is -2.20. The van der Waals surface area contributed by atoms with E-state index < -0.39 is 12.1 Å². The van der Waals surface area contributed by atoms with Crippen LogP contribution in [0.5, 0.6) is 0 Å². The van der Waals surface area contributed by atoms with Crippen LogP contribution in [0.4, 0.5) is 13.2 Å². The van der Waals surface area contributed by atoms with Gasteiger partial charge in [-0.2, -0.15) is 13.2 Å². The van der Waals surface area contributed by atoms with Gasteiger partial charge in [-0.05, 0) is 12.1 Å². The summed E-state index contributed by atoms with van der Waals surface area (Å²) in [7, 11) is 0. The second-order valence-corrected chi connectivity index (χ2v) is 7.78. The molecule has 2 aromatic rings. The molecule has 2 aromatic heterocycles. The molecule has 0 unspecified atom stereocenters. The normalized spacial score (nSPS) is 21.4. The number of nitrogens with zero attached hydrogens (tertiary/aromatic N) is 3. The van der Waals surface area contributed by atoms with E-state index in [1.165, 1.54) is 6.20 Å². The first-order chi connectivity index (χ1) is 16.1. The molecular weight excluding hydrogens is 461 g/mol. The van der Waals surface area contributed by atoms with Crippen LogP contribution in [-0.4, -0.2) is 76.5 Å². The molecule has 0 radical (unpaired) electrons. The number of carboxylic acid groups (broad SMARTS) is 1. The average molecular weight is 484 g/mol. The van der Waals surface area contributed by atoms with Gasteiger partial charge in [0.1, 0.15) is 11.3 Å². The minimum absolute atomic E-state index is 0.0131. The first-order valence-corrected chi connectivity index (χ1v) is 10.4. The molecule has 2 aliphatic heterocycles. The number of aliphatic carboxylic acids is 1. The van der Waals surface area contributed by atoms with Gasteiger partial charge in [-0.15, -0.1) is 0 Å². The van der Waals surface area contributed by atoms with Gasteiger partial charge in [0.05, 0.1) is 24.5 Å². The number of likely N-dealkylation sites (tertiary alicyclic amines) is 1. The molecule has 0 bridgehead atoms. The predicted octanol–water partition coefficient (Wildman–Crippen LogP) is 1.78. The predicted molar refractivity (Wildman–Crippen MR) is 109 cm³/mol. The van der Waals surface area contributed by atoms with Crippen LogP contribution in [0.25, 0.3) is 0 Å². The zero-order chi connectivity index (χ0) is 24.9. The summed E-state index contributed by atoms with van der Waals surface area (Å²) in [4.78, 5) is 39.7. The van der Waals surface area contributed by atoms with E-state index >= 15 is 0 Å². The van der Waals surface area contributed by atoms with Crippen molar-refractivity contribution >= 4 is 17.8 Å². The molecule has 34 heavy (non-hydrogen) atoms. The van der Waals surface area contributed by atoms with Gasteiger partial charge >= 0.3 is 12.1 Å². The van der Waals surface area contributed by atoms with E-state index in [2.05, 4.69) is 15.5 Å². The second-order valence-electron chi connectivity index (χ2n) is 7.78. The highest BCUT2D eigenvalue weighted by molar-refractivity contribution is 5.95. The van der Waals surface area contributed by atoms with Crippen LogP contribution in [0.2, 0.25) is 0 Å². The van der Waals surface area contributed by atoms with Gasteiger partial charge in [0.15, 0.2) is 0 Å². The fourth-order valence-corrected chi connectivity index (χ4v) is 3.86. The van der Waals surface area contributed by atoms with E-state index in [9.17, 15) is 22.8 Å². The first kappa shape index (κ1) is 25.1. The van der Waals surface area contributed by atoms with Crippen LogP contribution in [0.1, 0.15) is 33.4 Å².